The van der Waals surface area contributed by atoms with Gasteiger partial charge in [-0.15, -0.1) is 22.7 Å². The second kappa shape index (κ2) is 20.7. The summed E-state index contributed by atoms with van der Waals surface area (Å²) in [5, 5.41) is 21.0. The summed E-state index contributed by atoms with van der Waals surface area (Å²) in [6, 6.07) is 116. The average Bonchev–Trinajstić information content (AvgIpc) is 1.62. The maximum absolute atomic E-state index is 2.41. The Morgan fingerprint density at radius 1 is 0.128 bits per heavy atom. The molecule has 0 atom stereocenters. The third-order valence-electron chi connectivity index (χ3n) is 17.7. The molecule has 2 aromatic heterocycles. The predicted octanol–water partition coefficient (Wildman–Crippen LogP) is 25.0. The summed E-state index contributed by atoms with van der Waals surface area (Å²) in [6.45, 7) is 0. The Hall–Kier alpha value is -10.5. The van der Waals surface area contributed by atoms with E-state index in [1.165, 1.54) is 172 Å². The van der Waals surface area contributed by atoms with Crippen molar-refractivity contribution in [3.05, 3.63) is 315 Å². The summed E-state index contributed by atoms with van der Waals surface area (Å²) < 4.78 is 5.37. The molecule has 0 radical (unpaired) electrons. The molecule has 0 spiro atoms. The highest BCUT2D eigenvalue weighted by Gasteiger charge is 2.18. The van der Waals surface area contributed by atoms with Crippen LogP contribution in [0.4, 0.5) is 0 Å². The smallest absolute Gasteiger partial charge is 0.0434 e. The van der Waals surface area contributed by atoms with Gasteiger partial charge in [-0.05, 0) is 150 Å². The second-order valence-electron chi connectivity index (χ2n) is 22.5. The summed E-state index contributed by atoms with van der Waals surface area (Å²) in [7, 11) is 0. The van der Waals surface area contributed by atoms with Gasteiger partial charge in [0.2, 0.25) is 0 Å². The van der Waals surface area contributed by atoms with E-state index in [2.05, 4.69) is 315 Å². The number of hydrogen-bond donors (Lipinski definition) is 0. The fraction of sp³-hybridized carbons (Fsp3) is 0. The Bertz CT molecular complexity index is 5620. The molecule has 86 heavy (non-hydrogen) atoms. The molecule has 16 aromatic carbocycles. The van der Waals surface area contributed by atoms with Crippen molar-refractivity contribution in [2.75, 3.05) is 0 Å². The zero-order valence-corrected chi connectivity index (χ0v) is 48.5. The molecule has 0 aliphatic carbocycles. The van der Waals surface area contributed by atoms with E-state index < -0.39 is 0 Å². The second-order valence-corrected chi connectivity index (χ2v) is 24.6. The highest BCUT2D eigenvalue weighted by Crippen LogP contribution is 2.48. The van der Waals surface area contributed by atoms with E-state index in [0.717, 1.165) is 0 Å². The lowest BCUT2D eigenvalue weighted by Crippen LogP contribution is -1.86. The lowest BCUT2D eigenvalue weighted by molar-refractivity contribution is 1.61. The van der Waals surface area contributed by atoms with Gasteiger partial charge in [-0.3, -0.25) is 0 Å². The average molecular weight is 1130 g/mol. The fourth-order valence-electron chi connectivity index (χ4n) is 13.7. The minimum atomic E-state index is 1.24. The van der Waals surface area contributed by atoms with Crippen LogP contribution < -0.4 is 0 Å². The first-order valence-electron chi connectivity index (χ1n) is 29.5. The maximum atomic E-state index is 2.41. The lowest BCUT2D eigenvalue weighted by Gasteiger charge is -2.12. The van der Waals surface area contributed by atoms with E-state index in [1.807, 2.05) is 22.7 Å². The van der Waals surface area contributed by atoms with E-state index in [1.54, 1.807) is 0 Å². The first-order chi connectivity index (χ1) is 42.7. The highest BCUT2D eigenvalue weighted by molar-refractivity contribution is 7.27. The van der Waals surface area contributed by atoms with Crippen LogP contribution in [-0.2, 0) is 0 Å². The van der Waals surface area contributed by atoms with Gasteiger partial charge in [0.25, 0.3) is 0 Å². The van der Waals surface area contributed by atoms with Crippen molar-refractivity contribution in [3.63, 3.8) is 0 Å². The van der Waals surface area contributed by atoms with Gasteiger partial charge in [-0.25, -0.2) is 0 Å². The molecule has 2 heteroatoms. The maximum Gasteiger partial charge on any atom is 0.0434 e. The third-order valence-corrected chi connectivity index (χ3v) is 20.3. The molecule has 0 saturated carbocycles. The van der Waals surface area contributed by atoms with Crippen molar-refractivity contribution < 1.29 is 0 Å². The number of rotatable bonds is 6. The number of benzene rings is 16. The molecule has 0 fully saturated rings. The van der Waals surface area contributed by atoms with E-state index in [-0.39, 0.29) is 0 Å². The summed E-state index contributed by atoms with van der Waals surface area (Å²) in [4.78, 5) is 0. The van der Waals surface area contributed by atoms with Crippen LogP contribution >= 0.6 is 22.7 Å². The highest BCUT2D eigenvalue weighted by atomic mass is 32.1. The van der Waals surface area contributed by atoms with Gasteiger partial charge in [0, 0.05) is 40.3 Å². The molecule has 0 aliphatic rings. The summed E-state index contributed by atoms with van der Waals surface area (Å²) >= 11 is 3.83. The molecular formula is C84H52S2. The van der Waals surface area contributed by atoms with Crippen LogP contribution in [0, 0.1) is 0 Å². The quantitative estimate of drug-likeness (QED) is 0.146. The van der Waals surface area contributed by atoms with Crippen molar-refractivity contribution in [3.8, 4) is 66.8 Å². The fourth-order valence-corrected chi connectivity index (χ4v) is 16.4. The Kier molecular flexibility index (Phi) is 12.0. The SMILES string of the molecule is c1ccc(-c2ccc(-c3cccc4c3sc3c(-c5ccc6c7ccccc7c7ccccc7c6c5)cccc34)cc2)cc1.c1ccc(-c2cccc3c2sc2c(-c4cccc(-c5ccc6c7ccccc7c7ccccc7c6c5)c4)cccc23)cc1. The topological polar surface area (TPSA) is 0 Å². The minimum Gasteiger partial charge on any atom is -0.134 e. The minimum absolute atomic E-state index is 1.24. The molecular weight excluding hydrogens is 1070 g/mol. The Morgan fingerprint density at radius 3 is 0.791 bits per heavy atom. The van der Waals surface area contributed by atoms with Gasteiger partial charge in [0.1, 0.15) is 0 Å². The zero-order valence-electron chi connectivity index (χ0n) is 46.8. The van der Waals surface area contributed by atoms with Crippen LogP contribution in [0.2, 0.25) is 0 Å². The molecule has 0 unspecified atom stereocenters. The molecule has 0 aliphatic heterocycles. The molecule has 0 amide bonds. The summed E-state index contributed by atoms with van der Waals surface area (Å²) in [6.07, 6.45) is 0. The molecule has 400 valence electrons. The number of thiophene rings is 2. The molecule has 0 N–H and O–H groups in total. The standard InChI is InChI=1S/2C42H26S/c1-2-11-27(12-3-1)31-19-9-21-38-39-22-10-20-32(42(39)43-41(31)38)30-14-8-13-28(25-30)29-23-24-37-35-17-5-4-15-33(35)34-16-6-7-18-36(34)40(37)26-29;1-2-10-27(11-3-1)28-20-22-29(23-21-28)31-16-8-18-38-39-19-9-17-32(42(39)43-41(31)38)30-24-25-37-35-14-5-4-12-33(35)34-13-6-7-15-36(34)40(37)26-30/h2*1-26H. The number of fused-ring (bicyclic) bond motifs is 18. The summed E-state index contributed by atoms with van der Waals surface area (Å²) in [5.41, 5.74) is 15.2. The van der Waals surface area contributed by atoms with Crippen molar-refractivity contribution in [2.45, 2.75) is 0 Å². The van der Waals surface area contributed by atoms with Gasteiger partial charge >= 0.3 is 0 Å². The van der Waals surface area contributed by atoms with Gasteiger partial charge < -0.3 is 0 Å². The zero-order chi connectivity index (χ0) is 56.7. The van der Waals surface area contributed by atoms with Crippen molar-refractivity contribution in [2.24, 2.45) is 0 Å². The van der Waals surface area contributed by atoms with E-state index >= 15 is 0 Å². The first-order valence-corrected chi connectivity index (χ1v) is 31.2. The monoisotopic (exact) mass is 1120 g/mol. The van der Waals surface area contributed by atoms with Gasteiger partial charge in [-0.1, -0.05) is 297 Å². The summed E-state index contributed by atoms with van der Waals surface area (Å²) in [5.74, 6) is 0. The molecule has 0 nitrogen and oxygen atoms in total. The van der Waals surface area contributed by atoms with Crippen LogP contribution in [0.5, 0.6) is 0 Å². The molecule has 18 rings (SSSR count). The van der Waals surface area contributed by atoms with Crippen LogP contribution in [-0.4, -0.2) is 0 Å². The first kappa shape index (κ1) is 50.1. The normalized spacial score (nSPS) is 11.7. The van der Waals surface area contributed by atoms with Gasteiger partial charge in [0.05, 0.1) is 0 Å². The Balaban J connectivity index is 0.000000134. The van der Waals surface area contributed by atoms with Crippen LogP contribution in [0.25, 0.3) is 172 Å². The predicted molar refractivity (Wildman–Crippen MR) is 376 cm³/mol. The van der Waals surface area contributed by atoms with Crippen molar-refractivity contribution in [1.29, 1.82) is 0 Å². The number of hydrogen-bond acceptors (Lipinski definition) is 2. The molecule has 18 aromatic rings. The Labute approximate surface area is 506 Å². The third kappa shape index (κ3) is 8.32. The van der Waals surface area contributed by atoms with Crippen LogP contribution in [0.1, 0.15) is 0 Å². The van der Waals surface area contributed by atoms with E-state index in [4.69, 9.17) is 0 Å². The van der Waals surface area contributed by atoms with Crippen LogP contribution in [0.15, 0.2) is 315 Å². The Morgan fingerprint density at radius 2 is 0.360 bits per heavy atom. The molecule has 2 heterocycles. The van der Waals surface area contributed by atoms with Crippen molar-refractivity contribution in [1.82, 2.24) is 0 Å². The molecule has 0 saturated heterocycles. The van der Waals surface area contributed by atoms with Gasteiger partial charge in [0.15, 0.2) is 0 Å². The van der Waals surface area contributed by atoms with Gasteiger partial charge in [-0.2, -0.15) is 0 Å². The van der Waals surface area contributed by atoms with E-state index in [0.29, 0.717) is 0 Å². The van der Waals surface area contributed by atoms with E-state index in [9.17, 15) is 0 Å². The largest absolute Gasteiger partial charge is 0.134 e. The lowest BCUT2D eigenvalue weighted by atomic mass is 9.91. The van der Waals surface area contributed by atoms with Crippen molar-refractivity contribution >= 4 is 128 Å². The van der Waals surface area contributed by atoms with Crippen LogP contribution in [0.3, 0.4) is 0 Å². The molecule has 0 bridgehead atoms.